The highest BCUT2D eigenvalue weighted by Gasteiger charge is 2.14. The summed E-state index contributed by atoms with van der Waals surface area (Å²) in [7, 11) is 0. The van der Waals surface area contributed by atoms with Crippen LogP contribution in [0.3, 0.4) is 0 Å². The molecule has 5 nitrogen and oxygen atoms in total. The lowest BCUT2D eigenvalue weighted by molar-refractivity contribution is 0.475. The molecule has 0 atom stereocenters. The molecule has 0 aliphatic heterocycles. The summed E-state index contributed by atoms with van der Waals surface area (Å²) in [4.78, 5) is 0. The molecular formula is C35H31N3O2. The third kappa shape index (κ3) is 5.49. The molecule has 0 saturated heterocycles. The number of phenolic OH excluding ortho intramolecular Hbond substituents is 1. The first-order valence-corrected chi connectivity index (χ1v) is 13.4. The molecule has 2 heterocycles. The molecule has 40 heavy (non-hydrogen) atoms. The third-order valence-electron chi connectivity index (χ3n) is 6.39. The molecule has 0 amide bonds. The van der Waals surface area contributed by atoms with Crippen LogP contribution in [0.1, 0.15) is 19.4 Å². The van der Waals surface area contributed by atoms with Gasteiger partial charge in [-0.2, -0.15) is 0 Å². The Morgan fingerprint density at radius 2 is 1.10 bits per heavy atom. The molecule has 1 N–H and O–H groups in total. The molecule has 198 valence electrons. The van der Waals surface area contributed by atoms with Crippen molar-refractivity contribution in [3.63, 3.8) is 0 Å². The lowest BCUT2D eigenvalue weighted by atomic mass is 10.2. The van der Waals surface area contributed by atoms with Crippen LogP contribution in [0.25, 0.3) is 50.4 Å². The number of hydrogen-bond donors (Lipinski definition) is 1. The summed E-state index contributed by atoms with van der Waals surface area (Å²) >= 11 is 0. The average molecular weight is 526 g/mol. The fourth-order valence-electron chi connectivity index (χ4n) is 4.61. The number of rotatable bonds is 3. The van der Waals surface area contributed by atoms with Gasteiger partial charge >= 0.3 is 0 Å². The molecule has 7 rings (SSSR count). The van der Waals surface area contributed by atoms with Gasteiger partial charge in [0, 0.05) is 27.6 Å². The molecule has 0 fully saturated rings. The average Bonchev–Trinajstić information content (AvgIpc) is 3.63. The molecule has 0 spiro atoms. The summed E-state index contributed by atoms with van der Waals surface area (Å²) in [5, 5.41) is 20.5. The van der Waals surface area contributed by atoms with Gasteiger partial charge in [0.1, 0.15) is 5.75 Å². The number of para-hydroxylation sites is 2. The maximum Gasteiger partial charge on any atom is 0.248 e. The largest absolute Gasteiger partial charge is 0.508 e. The van der Waals surface area contributed by atoms with Crippen molar-refractivity contribution in [3.8, 4) is 34.3 Å². The van der Waals surface area contributed by atoms with Crippen LogP contribution in [-0.4, -0.2) is 19.9 Å². The fraction of sp³-hybridized carbons (Fsp3) is 0.0857. The number of nitrogens with zero attached hydrogens (tertiary/aromatic N) is 3. The second-order valence-electron chi connectivity index (χ2n) is 9.04. The van der Waals surface area contributed by atoms with Crippen LogP contribution in [-0.2, 0) is 0 Å². The van der Waals surface area contributed by atoms with Crippen molar-refractivity contribution in [2.45, 2.75) is 20.8 Å². The maximum absolute atomic E-state index is 9.72. The van der Waals surface area contributed by atoms with E-state index < -0.39 is 0 Å². The first-order valence-electron chi connectivity index (χ1n) is 13.4. The SMILES string of the molecule is CC.Cc1ccccc1.Oc1cccc(-c2nnc(-c3cccc(-n4c5ccccc5c5ccccc54)c3)o2)c1. The number of benzene rings is 5. The Kier molecular flexibility index (Phi) is 8.02. The molecule has 5 aromatic carbocycles. The number of phenols is 1. The minimum absolute atomic E-state index is 0.158. The van der Waals surface area contributed by atoms with Crippen molar-refractivity contribution in [3.05, 3.63) is 133 Å². The van der Waals surface area contributed by atoms with Crippen molar-refractivity contribution in [1.82, 2.24) is 14.8 Å². The Hall–Kier alpha value is -5.16. The Morgan fingerprint density at radius 3 is 1.65 bits per heavy atom. The number of aromatic hydroxyl groups is 1. The maximum atomic E-state index is 9.72. The first kappa shape index (κ1) is 26.4. The van der Waals surface area contributed by atoms with Gasteiger partial charge in [-0.1, -0.05) is 98.3 Å². The molecule has 0 aliphatic carbocycles. The highest BCUT2D eigenvalue weighted by Crippen LogP contribution is 2.33. The Morgan fingerprint density at radius 1 is 0.575 bits per heavy atom. The van der Waals surface area contributed by atoms with Crippen molar-refractivity contribution in [1.29, 1.82) is 0 Å². The molecule has 5 heteroatoms. The van der Waals surface area contributed by atoms with Gasteiger partial charge in [0.25, 0.3) is 0 Å². The summed E-state index contributed by atoms with van der Waals surface area (Å²) in [6, 6.07) is 41.9. The summed E-state index contributed by atoms with van der Waals surface area (Å²) in [5.74, 6) is 0.958. The molecule has 0 radical (unpaired) electrons. The van der Waals surface area contributed by atoms with E-state index in [9.17, 15) is 5.11 Å². The van der Waals surface area contributed by atoms with Gasteiger partial charge in [-0.3, -0.25) is 0 Å². The standard InChI is InChI=1S/C26H17N3O2.C7H8.C2H6/c30-20-10-6-8-18(16-20)26-28-27-25(31-26)17-7-5-9-19(15-17)29-23-13-3-1-11-21(23)22-12-2-4-14-24(22)29;1-7-5-3-2-4-6-7;1-2/h1-16,30H;2-6H,1H3;1-2H3. The van der Waals surface area contributed by atoms with E-state index in [1.54, 1.807) is 18.2 Å². The Labute approximate surface area is 234 Å². The van der Waals surface area contributed by atoms with Gasteiger partial charge in [-0.25, -0.2) is 0 Å². The lowest BCUT2D eigenvalue weighted by Crippen LogP contribution is -1.94. The molecular weight excluding hydrogens is 494 g/mol. The lowest BCUT2D eigenvalue weighted by Gasteiger charge is -2.08. The molecule has 0 aliphatic rings. The second kappa shape index (κ2) is 12.1. The minimum Gasteiger partial charge on any atom is -0.508 e. The first-order chi connectivity index (χ1) is 19.7. The zero-order valence-corrected chi connectivity index (χ0v) is 22.8. The molecule has 2 aromatic heterocycles. The van der Waals surface area contributed by atoms with Crippen LogP contribution in [0.4, 0.5) is 0 Å². The summed E-state index contributed by atoms with van der Waals surface area (Å²) < 4.78 is 8.17. The smallest absolute Gasteiger partial charge is 0.248 e. The van der Waals surface area contributed by atoms with Crippen LogP contribution >= 0.6 is 0 Å². The Bertz CT molecular complexity index is 1800. The summed E-state index contributed by atoms with van der Waals surface area (Å²) in [6.07, 6.45) is 0. The third-order valence-corrected chi connectivity index (χ3v) is 6.39. The van der Waals surface area contributed by atoms with E-state index in [2.05, 4.69) is 94.5 Å². The van der Waals surface area contributed by atoms with E-state index in [1.807, 2.05) is 50.2 Å². The van der Waals surface area contributed by atoms with Gasteiger partial charge in [0.15, 0.2) is 0 Å². The second-order valence-corrected chi connectivity index (χ2v) is 9.04. The minimum atomic E-state index is 0.158. The van der Waals surface area contributed by atoms with Crippen LogP contribution in [0.2, 0.25) is 0 Å². The molecule has 7 aromatic rings. The van der Waals surface area contributed by atoms with Gasteiger partial charge < -0.3 is 14.1 Å². The van der Waals surface area contributed by atoms with E-state index in [1.165, 1.54) is 16.3 Å². The zero-order valence-electron chi connectivity index (χ0n) is 22.8. The van der Waals surface area contributed by atoms with E-state index in [0.29, 0.717) is 17.3 Å². The molecule has 0 saturated carbocycles. The topological polar surface area (TPSA) is 64.1 Å². The highest BCUT2D eigenvalue weighted by molar-refractivity contribution is 6.09. The Balaban J connectivity index is 0.000000311. The fourth-order valence-corrected chi connectivity index (χ4v) is 4.61. The number of hydrogen-bond acceptors (Lipinski definition) is 4. The van der Waals surface area contributed by atoms with Crippen molar-refractivity contribution >= 4 is 21.8 Å². The molecule has 0 unspecified atom stereocenters. The van der Waals surface area contributed by atoms with Gasteiger partial charge in [0.05, 0.1) is 11.0 Å². The monoisotopic (exact) mass is 525 g/mol. The van der Waals surface area contributed by atoms with Crippen LogP contribution in [0.15, 0.2) is 132 Å². The van der Waals surface area contributed by atoms with E-state index in [0.717, 1.165) is 22.3 Å². The number of fused-ring (bicyclic) bond motifs is 3. The van der Waals surface area contributed by atoms with Gasteiger partial charge in [-0.05, 0) is 55.5 Å². The zero-order chi connectivity index (χ0) is 27.9. The van der Waals surface area contributed by atoms with Crippen LogP contribution in [0, 0.1) is 6.92 Å². The van der Waals surface area contributed by atoms with E-state index in [-0.39, 0.29) is 5.75 Å². The van der Waals surface area contributed by atoms with Gasteiger partial charge in [-0.15, -0.1) is 10.2 Å². The quantitative estimate of drug-likeness (QED) is 0.250. The van der Waals surface area contributed by atoms with E-state index >= 15 is 0 Å². The van der Waals surface area contributed by atoms with E-state index in [4.69, 9.17) is 4.42 Å². The normalized spacial score (nSPS) is 10.5. The number of aromatic nitrogens is 3. The van der Waals surface area contributed by atoms with Crippen LogP contribution in [0.5, 0.6) is 5.75 Å². The summed E-state index contributed by atoms with van der Waals surface area (Å²) in [6.45, 7) is 6.08. The predicted molar refractivity (Wildman–Crippen MR) is 164 cm³/mol. The van der Waals surface area contributed by atoms with Crippen molar-refractivity contribution in [2.24, 2.45) is 0 Å². The number of aryl methyl sites for hydroxylation is 1. The van der Waals surface area contributed by atoms with Crippen molar-refractivity contribution in [2.75, 3.05) is 0 Å². The van der Waals surface area contributed by atoms with Crippen molar-refractivity contribution < 1.29 is 9.52 Å². The summed E-state index contributed by atoms with van der Waals surface area (Å²) in [5.41, 5.74) is 6.14. The highest BCUT2D eigenvalue weighted by atomic mass is 16.4. The molecule has 0 bridgehead atoms. The van der Waals surface area contributed by atoms with Gasteiger partial charge in [0.2, 0.25) is 11.8 Å². The van der Waals surface area contributed by atoms with Crippen LogP contribution < -0.4 is 0 Å². The predicted octanol–water partition coefficient (Wildman–Crippen LogP) is 9.23.